The van der Waals surface area contributed by atoms with Crippen molar-refractivity contribution in [3.05, 3.63) is 40.5 Å². The zero-order chi connectivity index (χ0) is 21.8. The summed E-state index contributed by atoms with van der Waals surface area (Å²) in [5.41, 5.74) is 9.10. The number of hydrogen-bond acceptors (Lipinski definition) is 7. The van der Waals surface area contributed by atoms with E-state index in [1.54, 1.807) is 10.9 Å². The first-order valence-electron chi connectivity index (χ1n) is 9.59. The van der Waals surface area contributed by atoms with E-state index in [1.165, 1.54) is 0 Å². The van der Waals surface area contributed by atoms with Gasteiger partial charge in [0, 0.05) is 30.6 Å². The predicted octanol–water partition coefficient (Wildman–Crippen LogP) is 2.34. The Morgan fingerprint density at radius 1 is 1.43 bits per heavy atom. The highest BCUT2D eigenvalue weighted by atomic mass is 16.5. The molecule has 1 atom stereocenters. The normalized spacial score (nSPS) is 17.7. The fraction of sp³-hybridized carbons (Fsp3) is 0.350. The Labute approximate surface area is 175 Å². The third kappa shape index (κ3) is 4.32. The van der Waals surface area contributed by atoms with Crippen LogP contribution in [0, 0.1) is 18.8 Å². The summed E-state index contributed by atoms with van der Waals surface area (Å²) in [6, 6.07) is 3.87. The second kappa shape index (κ2) is 9.03. The van der Waals surface area contributed by atoms with Gasteiger partial charge < -0.3 is 25.5 Å². The molecule has 0 saturated carbocycles. The maximum atomic E-state index is 11.9. The second-order valence-electron chi connectivity index (χ2n) is 7.30. The standard InChI is InChI=1S/C19H23BN4O4.CHN/c1-11-6-14(8-13-7-12(2)20(26)28-17(11)13)22-19-16(18(21)25)9-24(23-19)15-4-3-5-27-10-15;1-2/h6-9,15,26H,3-5,10H2,1-2H3,(H2,21,25)(H,22,23);1H/t15-;/m1./s1. The maximum Gasteiger partial charge on any atom is 0.555 e. The van der Waals surface area contributed by atoms with Gasteiger partial charge in [-0.1, -0.05) is 6.08 Å². The first-order chi connectivity index (χ1) is 14.4. The van der Waals surface area contributed by atoms with Gasteiger partial charge in [0.2, 0.25) is 0 Å². The number of carbonyl (C=O) groups excluding carboxylic acids is 1. The average molecular weight is 409 g/mol. The number of aromatic nitrogens is 2. The van der Waals surface area contributed by atoms with Crippen LogP contribution in [0.3, 0.4) is 0 Å². The zero-order valence-electron chi connectivity index (χ0n) is 17.0. The molecule has 1 aromatic carbocycles. The number of rotatable bonds is 4. The molecule has 9 nitrogen and oxygen atoms in total. The van der Waals surface area contributed by atoms with E-state index in [1.807, 2.05) is 32.1 Å². The smallest absolute Gasteiger partial charge is 0.532 e. The van der Waals surface area contributed by atoms with Crippen molar-refractivity contribution < 1.29 is 19.2 Å². The topological polar surface area (TPSA) is 135 Å². The van der Waals surface area contributed by atoms with Crippen molar-refractivity contribution in [2.75, 3.05) is 18.5 Å². The van der Waals surface area contributed by atoms with Crippen molar-refractivity contribution in [2.24, 2.45) is 5.73 Å². The van der Waals surface area contributed by atoms with Gasteiger partial charge in [0.25, 0.3) is 5.91 Å². The van der Waals surface area contributed by atoms with E-state index >= 15 is 0 Å². The number of allylic oxidation sites excluding steroid dienone is 1. The van der Waals surface area contributed by atoms with Gasteiger partial charge in [-0.25, -0.2) is 5.26 Å². The molecule has 30 heavy (non-hydrogen) atoms. The lowest BCUT2D eigenvalue weighted by Gasteiger charge is -2.22. The van der Waals surface area contributed by atoms with Gasteiger partial charge in [-0.2, -0.15) is 5.10 Å². The van der Waals surface area contributed by atoms with Crippen LogP contribution < -0.4 is 15.7 Å². The molecule has 1 saturated heterocycles. The van der Waals surface area contributed by atoms with Gasteiger partial charge in [-0.05, 0) is 49.9 Å². The van der Waals surface area contributed by atoms with E-state index in [0.717, 1.165) is 41.7 Å². The lowest BCUT2D eigenvalue weighted by molar-refractivity contribution is 0.0550. The zero-order valence-corrected chi connectivity index (χ0v) is 17.0. The number of nitriles is 1. The van der Waals surface area contributed by atoms with Crippen molar-refractivity contribution in [2.45, 2.75) is 32.7 Å². The lowest BCUT2D eigenvalue weighted by atomic mass is 9.76. The van der Waals surface area contributed by atoms with Crippen molar-refractivity contribution >= 4 is 30.6 Å². The Kier molecular flexibility index (Phi) is 6.45. The summed E-state index contributed by atoms with van der Waals surface area (Å²) < 4.78 is 12.9. The van der Waals surface area contributed by atoms with Crippen LogP contribution in [0.15, 0.2) is 23.8 Å². The number of hydrogen-bond donors (Lipinski definition) is 3. The number of nitrogens with one attached hydrogen (secondary N) is 1. The largest absolute Gasteiger partial charge is 0.555 e. The van der Waals surface area contributed by atoms with E-state index in [-0.39, 0.29) is 6.04 Å². The summed E-state index contributed by atoms with van der Waals surface area (Å²) in [5, 5.41) is 24.2. The average Bonchev–Trinajstić information content (AvgIpc) is 3.16. The molecule has 3 heterocycles. The Bertz CT molecular complexity index is 995. The quantitative estimate of drug-likeness (QED) is 0.660. The molecule has 1 fully saturated rings. The molecule has 0 unspecified atom stereocenters. The van der Waals surface area contributed by atoms with Crippen LogP contribution >= 0.6 is 0 Å². The summed E-state index contributed by atoms with van der Waals surface area (Å²) in [6.07, 6.45) is 5.47. The monoisotopic (exact) mass is 409 g/mol. The van der Waals surface area contributed by atoms with Gasteiger partial charge in [0.15, 0.2) is 5.82 Å². The molecule has 2 aromatic rings. The lowest BCUT2D eigenvalue weighted by Crippen LogP contribution is -2.27. The second-order valence-corrected chi connectivity index (χ2v) is 7.30. The van der Waals surface area contributed by atoms with Gasteiger partial charge in [0.1, 0.15) is 11.3 Å². The Hall–Kier alpha value is -3.29. The van der Waals surface area contributed by atoms with Crippen LogP contribution in [-0.4, -0.2) is 41.0 Å². The van der Waals surface area contributed by atoms with Crippen molar-refractivity contribution in [3.8, 4) is 12.3 Å². The molecule has 1 aromatic heterocycles. The number of primary amides is 1. The number of aryl methyl sites for hydroxylation is 1. The number of anilines is 2. The number of carbonyl (C=O) groups is 1. The predicted molar refractivity (Wildman–Crippen MR) is 113 cm³/mol. The minimum Gasteiger partial charge on any atom is -0.532 e. The molecule has 4 N–H and O–H groups in total. The Morgan fingerprint density at radius 2 is 2.20 bits per heavy atom. The van der Waals surface area contributed by atoms with Crippen LogP contribution in [0.5, 0.6) is 5.75 Å². The summed E-state index contributed by atoms with van der Waals surface area (Å²) in [5.74, 6) is 0.515. The van der Waals surface area contributed by atoms with Gasteiger partial charge >= 0.3 is 7.12 Å². The molecule has 0 bridgehead atoms. The number of amides is 1. The number of fused-ring (bicyclic) bond motifs is 1. The minimum atomic E-state index is -0.931. The van der Waals surface area contributed by atoms with Crippen LogP contribution in [0.25, 0.3) is 6.08 Å². The van der Waals surface area contributed by atoms with Gasteiger partial charge in [-0.15, -0.1) is 0 Å². The molecule has 156 valence electrons. The van der Waals surface area contributed by atoms with Crippen molar-refractivity contribution in [1.29, 1.82) is 5.26 Å². The SMILES string of the molecule is C#N.CC1=Cc2cc(Nc3nn([C@@H]4CCCOC4)cc3C(N)=O)cc(C)c2OB1O. The highest BCUT2D eigenvalue weighted by molar-refractivity contribution is 6.54. The first kappa shape index (κ1) is 21.4. The highest BCUT2D eigenvalue weighted by Crippen LogP contribution is 2.35. The molecule has 2 aliphatic heterocycles. The van der Waals surface area contributed by atoms with Gasteiger partial charge in [-0.3, -0.25) is 9.48 Å². The summed E-state index contributed by atoms with van der Waals surface area (Å²) in [6.45, 7) is 8.53. The van der Waals surface area contributed by atoms with E-state index in [2.05, 4.69) is 17.0 Å². The van der Waals surface area contributed by atoms with E-state index in [4.69, 9.17) is 20.4 Å². The van der Waals surface area contributed by atoms with Crippen molar-refractivity contribution in [3.63, 3.8) is 0 Å². The van der Waals surface area contributed by atoms with Crippen LogP contribution in [0.2, 0.25) is 0 Å². The van der Waals surface area contributed by atoms with E-state index in [0.29, 0.717) is 23.7 Å². The molecule has 10 heteroatoms. The number of nitrogens with zero attached hydrogens (tertiary/aromatic N) is 3. The molecule has 4 rings (SSSR count). The summed E-state index contributed by atoms with van der Waals surface area (Å²) in [7, 11) is -0.931. The minimum absolute atomic E-state index is 0.0909. The fourth-order valence-electron chi connectivity index (χ4n) is 3.58. The summed E-state index contributed by atoms with van der Waals surface area (Å²) in [4.78, 5) is 11.9. The third-order valence-electron chi connectivity index (χ3n) is 5.08. The molecule has 1 amide bonds. The van der Waals surface area contributed by atoms with E-state index in [9.17, 15) is 9.82 Å². The third-order valence-corrected chi connectivity index (χ3v) is 5.08. The van der Waals surface area contributed by atoms with Gasteiger partial charge in [0.05, 0.1) is 12.6 Å². The molecule has 0 aliphatic carbocycles. The summed E-state index contributed by atoms with van der Waals surface area (Å²) >= 11 is 0. The fourth-order valence-corrected chi connectivity index (χ4v) is 3.58. The molecular weight excluding hydrogens is 385 g/mol. The van der Waals surface area contributed by atoms with Crippen LogP contribution in [0.4, 0.5) is 11.5 Å². The Morgan fingerprint density at radius 3 is 2.87 bits per heavy atom. The molecule has 2 aliphatic rings. The number of benzene rings is 1. The van der Waals surface area contributed by atoms with Crippen LogP contribution in [-0.2, 0) is 4.74 Å². The van der Waals surface area contributed by atoms with Crippen LogP contribution in [0.1, 0.15) is 47.3 Å². The number of nitrogens with two attached hydrogens (primary N) is 1. The molecular formula is C20H24BN5O4. The maximum absolute atomic E-state index is 11.9. The first-order valence-corrected chi connectivity index (χ1v) is 9.59. The molecule has 0 spiro atoms. The van der Waals surface area contributed by atoms with Crippen molar-refractivity contribution in [1.82, 2.24) is 9.78 Å². The highest BCUT2D eigenvalue weighted by Gasteiger charge is 2.26. The van der Waals surface area contributed by atoms with E-state index < -0.39 is 13.0 Å². The number of ether oxygens (including phenoxy) is 1. The molecule has 0 radical (unpaired) electrons. The Balaban J connectivity index is 0.00000124.